The van der Waals surface area contributed by atoms with Gasteiger partial charge >= 0.3 is 5.97 Å². The molecule has 5 nitrogen and oxygen atoms in total. The molecule has 112 valence electrons. The highest BCUT2D eigenvalue weighted by molar-refractivity contribution is 7.99. The van der Waals surface area contributed by atoms with Crippen LogP contribution >= 0.6 is 11.8 Å². The number of thioether (sulfide) groups is 1. The second-order valence-corrected chi connectivity index (χ2v) is 6.97. The molecule has 1 saturated carbocycles. The summed E-state index contributed by atoms with van der Waals surface area (Å²) in [7, 11) is 0. The van der Waals surface area contributed by atoms with Crippen molar-refractivity contribution in [3.05, 3.63) is 18.3 Å². The van der Waals surface area contributed by atoms with Gasteiger partial charge in [0.2, 0.25) is 0 Å². The summed E-state index contributed by atoms with van der Waals surface area (Å²) >= 11 is 1.28. The first kappa shape index (κ1) is 14.4. The van der Waals surface area contributed by atoms with Gasteiger partial charge in [-0.1, -0.05) is 31.5 Å². The molecule has 0 amide bonds. The second kappa shape index (κ2) is 5.67. The van der Waals surface area contributed by atoms with E-state index < -0.39 is 5.97 Å². The number of carboxylic acids is 1. The Morgan fingerprint density at radius 2 is 2.24 bits per heavy atom. The number of carbonyl (C=O) groups is 1. The van der Waals surface area contributed by atoms with E-state index in [0.29, 0.717) is 0 Å². The lowest BCUT2D eigenvalue weighted by Crippen LogP contribution is -2.20. The highest BCUT2D eigenvalue weighted by Gasteiger charge is 2.30. The van der Waals surface area contributed by atoms with E-state index in [1.165, 1.54) is 37.4 Å². The van der Waals surface area contributed by atoms with E-state index in [1.54, 1.807) is 6.20 Å². The van der Waals surface area contributed by atoms with Gasteiger partial charge in [-0.25, -0.2) is 9.97 Å². The Bertz CT molecular complexity index is 662. The van der Waals surface area contributed by atoms with Crippen LogP contribution in [0.2, 0.25) is 0 Å². The van der Waals surface area contributed by atoms with E-state index in [1.807, 2.05) is 12.1 Å². The number of carboxylic acid groups (broad SMARTS) is 1. The van der Waals surface area contributed by atoms with Crippen molar-refractivity contribution < 1.29 is 9.90 Å². The van der Waals surface area contributed by atoms with Crippen LogP contribution in [0.25, 0.3) is 11.2 Å². The van der Waals surface area contributed by atoms with Crippen molar-refractivity contribution in [2.45, 2.75) is 44.3 Å². The normalized spacial score (nSPS) is 17.4. The zero-order valence-corrected chi connectivity index (χ0v) is 12.9. The number of pyridine rings is 1. The van der Waals surface area contributed by atoms with Crippen LogP contribution in [0.5, 0.6) is 0 Å². The molecule has 21 heavy (non-hydrogen) atoms. The number of fused-ring (bicyclic) bond motifs is 1. The fraction of sp³-hybridized carbons (Fsp3) is 0.533. The largest absolute Gasteiger partial charge is 0.481 e. The Hall–Kier alpha value is -1.56. The van der Waals surface area contributed by atoms with Crippen LogP contribution in [0.4, 0.5) is 0 Å². The number of aromatic nitrogens is 3. The highest BCUT2D eigenvalue weighted by atomic mass is 32.2. The van der Waals surface area contributed by atoms with Gasteiger partial charge in [-0.2, -0.15) is 0 Å². The van der Waals surface area contributed by atoms with Gasteiger partial charge in [0.25, 0.3) is 0 Å². The molecule has 0 radical (unpaired) electrons. The summed E-state index contributed by atoms with van der Waals surface area (Å²) in [6, 6.07) is 3.79. The number of nitrogens with zero attached hydrogens (tertiary/aromatic N) is 3. The van der Waals surface area contributed by atoms with E-state index in [-0.39, 0.29) is 11.2 Å². The molecule has 0 aromatic carbocycles. The molecule has 2 aromatic heterocycles. The van der Waals surface area contributed by atoms with Crippen LogP contribution in [-0.4, -0.2) is 31.4 Å². The molecule has 3 rings (SSSR count). The maximum atomic E-state index is 10.8. The first-order valence-corrected chi connectivity index (χ1v) is 8.22. The molecule has 0 bridgehead atoms. The van der Waals surface area contributed by atoms with Crippen LogP contribution in [-0.2, 0) is 11.3 Å². The third kappa shape index (κ3) is 3.05. The van der Waals surface area contributed by atoms with Crippen LogP contribution in [0.15, 0.2) is 23.5 Å². The predicted molar refractivity (Wildman–Crippen MR) is 82.5 cm³/mol. The van der Waals surface area contributed by atoms with E-state index in [4.69, 9.17) is 5.11 Å². The Morgan fingerprint density at radius 1 is 1.48 bits per heavy atom. The summed E-state index contributed by atoms with van der Waals surface area (Å²) in [4.78, 5) is 19.8. The summed E-state index contributed by atoms with van der Waals surface area (Å²) in [6.07, 6.45) is 6.73. The third-order valence-corrected chi connectivity index (χ3v) is 5.11. The Labute approximate surface area is 127 Å². The maximum Gasteiger partial charge on any atom is 0.313 e. The third-order valence-electron chi connectivity index (χ3n) is 4.14. The van der Waals surface area contributed by atoms with E-state index in [0.717, 1.165) is 22.9 Å². The molecule has 1 fully saturated rings. The van der Waals surface area contributed by atoms with Crippen LogP contribution in [0.1, 0.15) is 32.6 Å². The molecule has 6 heteroatoms. The van der Waals surface area contributed by atoms with E-state index in [9.17, 15) is 4.79 Å². The molecule has 0 atom stereocenters. The summed E-state index contributed by atoms with van der Waals surface area (Å²) in [5, 5.41) is 9.67. The van der Waals surface area contributed by atoms with Gasteiger partial charge in [-0.3, -0.25) is 4.79 Å². The summed E-state index contributed by atoms with van der Waals surface area (Å²) in [5.74, 6) is -0.793. The number of imidazole rings is 1. The minimum absolute atomic E-state index is 0.0278. The van der Waals surface area contributed by atoms with Gasteiger partial charge in [-0.05, 0) is 30.4 Å². The topological polar surface area (TPSA) is 68.0 Å². The number of hydrogen-bond acceptors (Lipinski definition) is 4. The minimum atomic E-state index is -0.821. The zero-order valence-electron chi connectivity index (χ0n) is 12.1. The van der Waals surface area contributed by atoms with Crippen molar-refractivity contribution in [3.8, 4) is 0 Å². The maximum absolute atomic E-state index is 10.8. The van der Waals surface area contributed by atoms with Gasteiger partial charge < -0.3 is 9.67 Å². The van der Waals surface area contributed by atoms with Gasteiger partial charge in [0.1, 0.15) is 5.52 Å². The molecular formula is C15H19N3O2S. The lowest BCUT2D eigenvalue weighted by molar-refractivity contribution is -0.133. The smallest absolute Gasteiger partial charge is 0.313 e. The minimum Gasteiger partial charge on any atom is -0.481 e. The monoisotopic (exact) mass is 305 g/mol. The molecular weight excluding hydrogens is 286 g/mol. The van der Waals surface area contributed by atoms with Gasteiger partial charge in [-0.15, -0.1) is 0 Å². The summed E-state index contributed by atoms with van der Waals surface area (Å²) in [6.45, 7) is 3.17. The molecule has 0 saturated heterocycles. The Balaban J connectivity index is 1.96. The molecule has 2 aromatic rings. The fourth-order valence-corrected chi connectivity index (χ4v) is 3.81. The predicted octanol–water partition coefficient (Wildman–Crippen LogP) is 3.19. The number of aliphatic carboxylic acids is 1. The van der Waals surface area contributed by atoms with Crippen molar-refractivity contribution in [1.29, 1.82) is 0 Å². The number of rotatable bonds is 5. The SMILES string of the molecule is CC1(Cn2c(SCC(=O)O)nc3cccnc32)CCCC1. The van der Waals surface area contributed by atoms with Gasteiger partial charge in [0.05, 0.1) is 5.75 Å². The van der Waals surface area contributed by atoms with E-state index in [2.05, 4.69) is 21.5 Å². The molecule has 1 aliphatic rings. The van der Waals surface area contributed by atoms with Crippen molar-refractivity contribution in [2.75, 3.05) is 5.75 Å². The van der Waals surface area contributed by atoms with Crippen molar-refractivity contribution >= 4 is 28.9 Å². The van der Waals surface area contributed by atoms with Crippen LogP contribution in [0.3, 0.4) is 0 Å². The van der Waals surface area contributed by atoms with Gasteiger partial charge in [0, 0.05) is 12.7 Å². The van der Waals surface area contributed by atoms with Crippen molar-refractivity contribution in [2.24, 2.45) is 5.41 Å². The standard InChI is InChI=1S/C15H19N3O2S/c1-15(6-2-3-7-15)10-18-13-11(5-4-8-16-13)17-14(18)21-9-12(19)20/h4-5,8H,2-3,6-7,9-10H2,1H3,(H,19,20). The van der Waals surface area contributed by atoms with Crippen molar-refractivity contribution in [3.63, 3.8) is 0 Å². The lowest BCUT2D eigenvalue weighted by Gasteiger charge is -2.25. The highest BCUT2D eigenvalue weighted by Crippen LogP contribution is 2.40. The second-order valence-electron chi connectivity index (χ2n) is 6.03. The zero-order chi connectivity index (χ0) is 14.9. The van der Waals surface area contributed by atoms with Crippen LogP contribution in [0, 0.1) is 5.41 Å². The summed E-state index contributed by atoms with van der Waals surface area (Å²) < 4.78 is 2.11. The number of hydrogen-bond donors (Lipinski definition) is 1. The first-order valence-electron chi connectivity index (χ1n) is 7.23. The molecule has 1 N–H and O–H groups in total. The fourth-order valence-electron chi connectivity index (χ4n) is 3.09. The average molecular weight is 305 g/mol. The first-order chi connectivity index (χ1) is 10.1. The van der Waals surface area contributed by atoms with Gasteiger partial charge in [0.15, 0.2) is 10.8 Å². The molecule has 2 heterocycles. The van der Waals surface area contributed by atoms with Crippen molar-refractivity contribution in [1.82, 2.24) is 14.5 Å². The Morgan fingerprint density at radius 3 is 2.95 bits per heavy atom. The molecule has 0 aliphatic heterocycles. The quantitative estimate of drug-likeness (QED) is 0.859. The molecule has 0 spiro atoms. The lowest BCUT2D eigenvalue weighted by atomic mass is 9.89. The molecule has 0 unspecified atom stereocenters. The van der Waals surface area contributed by atoms with E-state index >= 15 is 0 Å². The average Bonchev–Trinajstić information content (AvgIpc) is 3.02. The summed E-state index contributed by atoms with van der Waals surface area (Å²) in [5.41, 5.74) is 1.97. The molecule has 1 aliphatic carbocycles. The Kier molecular flexibility index (Phi) is 3.89. The van der Waals surface area contributed by atoms with Crippen LogP contribution < -0.4 is 0 Å².